The predicted octanol–water partition coefficient (Wildman–Crippen LogP) is 1.74. The summed E-state index contributed by atoms with van der Waals surface area (Å²) < 4.78 is 6.10. The van der Waals surface area contributed by atoms with Gasteiger partial charge in [-0.05, 0) is 25.5 Å². The molecule has 0 radical (unpaired) electrons. The van der Waals surface area contributed by atoms with Crippen LogP contribution in [0.1, 0.15) is 42.2 Å². The smallest absolute Gasteiger partial charge is 0.340 e. The number of nitrogen functional groups attached to an aromatic ring is 1. The molecule has 2 aromatic rings. The summed E-state index contributed by atoms with van der Waals surface area (Å²) in [6.07, 6.45) is 2.81. The maximum Gasteiger partial charge on any atom is 0.340 e. The molecule has 0 fully saturated rings. The average Bonchev–Trinajstić information content (AvgIpc) is 2.69. The molecule has 1 aromatic heterocycles. The minimum absolute atomic E-state index is 0.0612. The molecule has 0 spiro atoms. The second kappa shape index (κ2) is 10.5. The predicted molar refractivity (Wildman–Crippen MR) is 107 cm³/mol. The van der Waals surface area contributed by atoms with Gasteiger partial charge in [-0.1, -0.05) is 43.7 Å². The molecule has 0 unspecified atom stereocenters. The van der Waals surface area contributed by atoms with E-state index in [0.29, 0.717) is 12.3 Å². The van der Waals surface area contributed by atoms with E-state index in [0.717, 1.165) is 35.7 Å². The van der Waals surface area contributed by atoms with E-state index in [-0.39, 0.29) is 28.1 Å². The number of nitrogens with two attached hydrogens (primary N) is 1. The van der Waals surface area contributed by atoms with Gasteiger partial charge >= 0.3 is 5.97 Å². The summed E-state index contributed by atoms with van der Waals surface area (Å²) in [6.45, 7) is 3.90. The van der Waals surface area contributed by atoms with Crippen molar-refractivity contribution in [2.45, 2.75) is 38.3 Å². The van der Waals surface area contributed by atoms with Crippen LogP contribution in [0.25, 0.3) is 0 Å². The van der Waals surface area contributed by atoms with Crippen molar-refractivity contribution in [1.82, 2.24) is 14.9 Å². The fraction of sp³-hybridized carbons (Fsp3) is 0.389. The van der Waals surface area contributed by atoms with E-state index in [1.165, 1.54) is 6.92 Å². The van der Waals surface area contributed by atoms with Crippen molar-refractivity contribution in [3.8, 4) is 0 Å². The van der Waals surface area contributed by atoms with Crippen molar-refractivity contribution in [3.05, 3.63) is 45.9 Å². The Labute approximate surface area is 166 Å². The Balaban J connectivity index is 1.98. The minimum Gasteiger partial charge on any atom is -0.462 e. The number of anilines is 1. The van der Waals surface area contributed by atoms with E-state index in [4.69, 9.17) is 10.6 Å². The van der Waals surface area contributed by atoms with E-state index in [1.807, 2.05) is 0 Å². The number of carbonyl (C=O) groups is 2. The Kier molecular flexibility index (Phi) is 8.00. The fourth-order valence-electron chi connectivity index (χ4n) is 2.25. The van der Waals surface area contributed by atoms with Crippen molar-refractivity contribution in [2.75, 3.05) is 23.5 Å². The fourth-order valence-corrected chi connectivity index (χ4v) is 2.90. The van der Waals surface area contributed by atoms with Crippen molar-refractivity contribution in [3.63, 3.8) is 0 Å². The molecule has 28 heavy (non-hydrogen) atoms. The normalized spacial score (nSPS) is 10.5. The van der Waals surface area contributed by atoms with Crippen LogP contribution >= 0.6 is 11.8 Å². The first-order valence-electron chi connectivity index (χ1n) is 8.84. The van der Waals surface area contributed by atoms with Crippen LogP contribution in [0.3, 0.4) is 0 Å². The van der Waals surface area contributed by atoms with E-state index in [1.54, 1.807) is 24.3 Å². The average molecular weight is 405 g/mol. The molecule has 0 aliphatic carbocycles. The number of aryl methyl sites for hydroxylation is 1. The molecular formula is C18H23N5O4S. The number of nitrogens with one attached hydrogen (secondary N) is 1. The highest BCUT2D eigenvalue weighted by molar-refractivity contribution is 7.99. The Morgan fingerprint density at radius 1 is 1.25 bits per heavy atom. The zero-order chi connectivity index (χ0) is 20.5. The van der Waals surface area contributed by atoms with Crippen molar-refractivity contribution >= 4 is 29.3 Å². The lowest BCUT2D eigenvalue weighted by molar-refractivity contribution is -0.113. The van der Waals surface area contributed by atoms with Gasteiger partial charge in [0.15, 0.2) is 0 Å². The maximum absolute atomic E-state index is 12.3. The number of esters is 1. The third-order valence-corrected chi connectivity index (χ3v) is 4.70. The standard InChI is InChI=1S/C18H23N5O4S/c1-3-4-7-10-27-17(26)13-8-5-6-9-14(13)20-15(24)11-28-18-22-21-12(2)16(25)23(18)19/h5-6,8-9H,3-4,7,10-11,19H2,1-2H3,(H,20,24). The third-order valence-electron chi connectivity index (χ3n) is 3.75. The molecular weight excluding hydrogens is 382 g/mol. The molecule has 1 aromatic carbocycles. The Bertz CT molecular complexity index is 900. The highest BCUT2D eigenvalue weighted by atomic mass is 32.2. The molecule has 9 nitrogen and oxygen atoms in total. The van der Waals surface area contributed by atoms with E-state index < -0.39 is 11.5 Å². The van der Waals surface area contributed by atoms with Crippen LogP contribution in [-0.4, -0.2) is 39.1 Å². The lowest BCUT2D eigenvalue weighted by Gasteiger charge is -2.11. The van der Waals surface area contributed by atoms with Gasteiger partial charge in [-0.3, -0.25) is 9.59 Å². The summed E-state index contributed by atoms with van der Waals surface area (Å²) in [6, 6.07) is 6.62. The van der Waals surface area contributed by atoms with Crippen LogP contribution in [0.4, 0.5) is 5.69 Å². The number of unbranched alkanes of at least 4 members (excludes halogenated alkanes) is 2. The Morgan fingerprint density at radius 2 is 2.00 bits per heavy atom. The molecule has 0 aliphatic heterocycles. The number of para-hydroxylation sites is 1. The molecule has 3 N–H and O–H groups in total. The molecule has 2 rings (SSSR count). The number of thioether (sulfide) groups is 1. The number of benzene rings is 1. The summed E-state index contributed by atoms with van der Waals surface area (Å²) in [5, 5.41) is 10.3. The zero-order valence-corrected chi connectivity index (χ0v) is 16.6. The highest BCUT2D eigenvalue weighted by Gasteiger charge is 2.15. The van der Waals surface area contributed by atoms with Gasteiger partial charge in [-0.25, -0.2) is 4.79 Å². The first-order valence-corrected chi connectivity index (χ1v) is 9.82. The summed E-state index contributed by atoms with van der Waals surface area (Å²) in [4.78, 5) is 36.3. The molecule has 0 saturated carbocycles. The van der Waals surface area contributed by atoms with Crippen molar-refractivity contribution in [2.24, 2.45) is 0 Å². The molecule has 0 saturated heterocycles. The van der Waals surface area contributed by atoms with Gasteiger partial charge in [0.25, 0.3) is 5.56 Å². The number of hydrogen-bond acceptors (Lipinski definition) is 8. The SMILES string of the molecule is CCCCCOC(=O)c1ccccc1NC(=O)CSc1nnc(C)c(=O)n1N. The number of hydrogen-bond donors (Lipinski definition) is 2. The van der Waals surface area contributed by atoms with Crippen LogP contribution in [0.15, 0.2) is 34.2 Å². The minimum atomic E-state index is -0.486. The zero-order valence-electron chi connectivity index (χ0n) is 15.8. The van der Waals surface area contributed by atoms with Crippen molar-refractivity contribution in [1.29, 1.82) is 0 Å². The van der Waals surface area contributed by atoms with Crippen LogP contribution < -0.4 is 16.7 Å². The molecule has 1 heterocycles. The third kappa shape index (κ3) is 5.81. The second-order valence-corrected chi connectivity index (χ2v) is 6.91. The highest BCUT2D eigenvalue weighted by Crippen LogP contribution is 2.18. The number of amides is 1. The largest absolute Gasteiger partial charge is 0.462 e. The molecule has 1 amide bonds. The summed E-state index contributed by atoms with van der Waals surface area (Å²) in [5.74, 6) is 4.71. The van der Waals surface area contributed by atoms with Gasteiger partial charge in [0.2, 0.25) is 11.1 Å². The van der Waals surface area contributed by atoms with Gasteiger partial charge in [0.1, 0.15) is 5.69 Å². The first kappa shape index (κ1) is 21.4. The molecule has 150 valence electrons. The molecule has 0 aliphatic rings. The molecule has 0 atom stereocenters. The van der Waals surface area contributed by atoms with E-state index in [2.05, 4.69) is 22.4 Å². The lowest BCUT2D eigenvalue weighted by Crippen LogP contribution is -2.32. The van der Waals surface area contributed by atoms with Gasteiger partial charge in [-0.2, -0.15) is 4.68 Å². The van der Waals surface area contributed by atoms with E-state index >= 15 is 0 Å². The van der Waals surface area contributed by atoms with Crippen LogP contribution in [-0.2, 0) is 9.53 Å². The number of rotatable bonds is 9. The van der Waals surface area contributed by atoms with E-state index in [9.17, 15) is 14.4 Å². The van der Waals surface area contributed by atoms with Crippen LogP contribution in [0.5, 0.6) is 0 Å². The van der Waals surface area contributed by atoms with Crippen molar-refractivity contribution < 1.29 is 14.3 Å². The quantitative estimate of drug-likeness (QED) is 0.279. The van der Waals surface area contributed by atoms with Crippen LogP contribution in [0, 0.1) is 6.92 Å². The first-order chi connectivity index (χ1) is 13.4. The summed E-state index contributed by atoms with van der Waals surface area (Å²) in [5.41, 5.74) is 0.327. The molecule has 0 bridgehead atoms. The number of carbonyl (C=O) groups excluding carboxylic acids is 2. The summed E-state index contributed by atoms with van der Waals surface area (Å²) in [7, 11) is 0. The van der Waals surface area contributed by atoms with Gasteiger partial charge < -0.3 is 15.9 Å². The van der Waals surface area contributed by atoms with Gasteiger partial charge in [-0.15, -0.1) is 10.2 Å². The second-order valence-electron chi connectivity index (χ2n) is 5.97. The number of aromatic nitrogens is 3. The van der Waals surface area contributed by atoms with Crippen LogP contribution in [0.2, 0.25) is 0 Å². The molecule has 10 heteroatoms. The summed E-state index contributed by atoms with van der Waals surface area (Å²) >= 11 is 0.967. The Hall–Kier alpha value is -2.88. The lowest BCUT2D eigenvalue weighted by atomic mass is 10.2. The monoisotopic (exact) mass is 405 g/mol. The van der Waals surface area contributed by atoms with Gasteiger partial charge in [0, 0.05) is 0 Å². The maximum atomic E-state index is 12.3. The number of nitrogens with zero attached hydrogens (tertiary/aromatic N) is 3. The Morgan fingerprint density at radius 3 is 2.75 bits per heavy atom. The topological polar surface area (TPSA) is 129 Å². The van der Waals surface area contributed by atoms with Gasteiger partial charge in [0.05, 0.1) is 23.6 Å². The number of ether oxygens (including phenoxy) is 1.